The Bertz CT molecular complexity index is 263. The first-order valence-corrected chi connectivity index (χ1v) is 5.29. The van der Waals surface area contributed by atoms with E-state index in [0.717, 1.165) is 12.8 Å². The van der Waals surface area contributed by atoms with Crippen molar-refractivity contribution in [2.45, 2.75) is 37.8 Å². The lowest BCUT2D eigenvalue weighted by Gasteiger charge is -2.34. The van der Waals surface area contributed by atoms with E-state index in [9.17, 15) is 9.59 Å². The van der Waals surface area contributed by atoms with Gasteiger partial charge in [0.1, 0.15) is 0 Å². The Hall–Kier alpha value is -1.10. The second-order valence-corrected chi connectivity index (χ2v) is 4.12. The summed E-state index contributed by atoms with van der Waals surface area (Å²) in [6.07, 6.45) is 2.02. The monoisotopic (exact) mass is 213 g/mol. The van der Waals surface area contributed by atoms with E-state index in [1.807, 2.05) is 4.90 Å². The van der Waals surface area contributed by atoms with Gasteiger partial charge in [-0.05, 0) is 12.8 Å². The normalized spacial score (nSPS) is 29.2. The number of nitrogens with zero attached hydrogens (tertiary/aromatic N) is 1. The topological polar surface area (TPSA) is 66.8 Å². The van der Waals surface area contributed by atoms with Crippen LogP contribution in [0.5, 0.6) is 0 Å². The number of carboxylic acid groups (broad SMARTS) is 1. The highest BCUT2D eigenvalue weighted by molar-refractivity contribution is 5.81. The van der Waals surface area contributed by atoms with Crippen molar-refractivity contribution in [2.24, 2.45) is 0 Å². The van der Waals surface area contributed by atoms with Crippen LogP contribution in [-0.4, -0.2) is 47.2 Å². The second kappa shape index (κ2) is 4.18. The third kappa shape index (κ3) is 2.12. The molecule has 0 spiro atoms. The smallest absolute Gasteiger partial charge is 0.303 e. The number of rotatable bonds is 3. The van der Waals surface area contributed by atoms with E-state index < -0.39 is 5.97 Å². The van der Waals surface area contributed by atoms with E-state index in [1.54, 1.807) is 0 Å². The van der Waals surface area contributed by atoms with Crippen molar-refractivity contribution in [3.05, 3.63) is 0 Å². The Morgan fingerprint density at radius 2 is 1.80 bits per heavy atom. The molecular formula is C10H15NO4. The number of carboxylic acids is 1. The predicted molar refractivity (Wildman–Crippen MR) is 51.3 cm³/mol. The zero-order valence-corrected chi connectivity index (χ0v) is 8.52. The molecule has 2 saturated heterocycles. The molecule has 2 bridgehead atoms. The minimum atomic E-state index is -0.913. The minimum Gasteiger partial charge on any atom is -0.481 e. The Labute approximate surface area is 88.0 Å². The first kappa shape index (κ1) is 10.4. The molecule has 2 atom stereocenters. The molecule has 84 valence electrons. The SMILES string of the molecule is O=C(O)CCC(=O)N1C2CCC1COC2. The number of carbonyl (C=O) groups is 2. The summed E-state index contributed by atoms with van der Waals surface area (Å²) in [5.41, 5.74) is 0. The van der Waals surface area contributed by atoms with E-state index in [0.29, 0.717) is 13.2 Å². The van der Waals surface area contributed by atoms with Crippen molar-refractivity contribution >= 4 is 11.9 Å². The molecule has 5 heteroatoms. The maximum Gasteiger partial charge on any atom is 0.303 e. The number of hydrogen-bond acceptors (Lipinski definition) is 3. The van der Waals surface area contributed by atoms with Crippen molar-refractivity contribution in [3.63, 3.8) is 0 Å². The van der Waals surface area contributed by atoms with Crippen LogP contribution in [0.25, 0.3) is 0 Å². The molecule has 0 aliphatic carbocycles. The number of amides is 1. The van der Waals surface area contributed by atoms with E-state index >= 15 is 0 Å². The maximum atomic E-state index is 11.8. The Balaban J connectivity index is 1.92. The highest BCUT2D eigenvalue weighted by atomic mass is 16.5. The van der Waals surface area contributed by atoms with Gasteiger partial charge in [-0.2, -0.15) is 0 Å². The van der Waals surface area contributed by atoms with Crippen molar-refractivity contribution in [2.75, 3.05) is 13.2 Å². The standard InChI is InChI=1S/C10H15NO4/c12-9(3-4-10(13)14)11-7-1-2-8(11)6-15-5-7/h7-8H,1-6H2,(H,13,14). The molecule has 2 heterocycles. The van der Waals surface area contributed by atoms with Gasteiger partial charge in [0.05, 0.1) is 31.7 Å². The summed E-state index contributed by atoms with van der Waals surface area (Å²) in [5.74, 6) is -0.947. The van der Waals surface area contributed by atoms with Crippen molar-refractivity contribution in [1.82, 2.24) is 4.90 Å². The van der Waals surface area contributed by atoms with Crippen LogP contribution in [0.4, 0.5) is 0 Å². The average molecular weight is 213 g/mol. The summed E-state index contributed by atoms with van der Waals surface area (Å²) in [4.78, 5) is 24.0. The van der Waals surface area contributed by atoms with Gasteiger partial charge >= 0.3 is 5.97 Å². The summed E-state index contributed by atoms with van der Waals surface area (Å²) >= 11 is 0. The van der Waals surface area contributed by atoms with Gasteiger partial charge in [-0.3, -0.25) is 9.59 Å². The number of fused-ring (bicyclic) bond motifs is 2. The molecule has 1 amide bonds. The second-order valence-electron chi connectivity index (χ2n) is 4.12. The molecule has 2 fully saturated rings. The lowest BCUT2D eigenvalue weighted by atomic mass is 10.2. The lowest BCUT2D eigenvalue weighted by molar-refractivity contribution is -0.145. The number of ether oxygens (including phenoxy) is 1. The van der Waals surface area contributed by atoms with E-state index in [2.05, 4.69) is 0 Å². The Morgan fingerprint density at radius 1 is 1.20 bits per heavy atom. The van der Waals surface area contributed by atoms with Gasteiger partial charge in [0.25, 0.3) is 0 Å². The molecule has 1 N–H and O–H groups in total. The molecule has 2 rings (SSSR count). The minimum absolute atomic E-state index is 0.0341. The maximum absolute atomic E-state index is 11.8. The molecule has 2 unspecified atom stereocenters. The first-order chi connectivity index (χ1) is 7.18. The summed E-state index contributed by atoms with van der Waals surface area (Å²) in [6.45, 7) is 1.21. The lowest BCUT2D eigenvalue weighted by Crippen LogP contribution is -2.49. The van der Waals surface area contributed by atoms with Gasteiger partial charge in [0.15, 0.2) is 0 Å². The summed E-state index contributed by atoms with van der Waals surface area (Å²) in [6, 6.07) is 0.370. The van der Waals surface area contributed by atoms with Crippen molar-refractivity contribution < 1.29 is 19.4 Å². The highest BCUT2D eigenvalue weighted by Gasteiger charge is 2.39. The zero-order chi connectivity index (χ0) is 10.8. The first-order valence-electron chi connectivity index (χ1n) is 5.29. The van der Waals surface area contributed by atoms with Crippen LogP contribution in [0.3, 0.4) is 0 Å². The molecule has 0 saturated carbocycles. The predicted octanol–water partition coefficient (Wildman–Crippen LogP) is 0.241. The van der Waals surface area contributed by atoms with Gasteiger partial charge in [-0.1, -0.05) is 0 Å². The molecule has 2 aliphatic heterocycles. The van der Waals surface area contributed by atoms with E-state index in [1.165, 1.54) is 0 Å². The molecule has 15 heavy (non-hydrogen) atoms. The number of aliphatic carboxylic acids is 1. The fraction of sp³-hybridized carbons (Fsp3) is 0.800. The highest BCUT2D eigenvalue weighted by Crippen LogP contribution is 2.29. The quantitative estimate of drug-likeness (QED) is 0.729. The third-order valence-corrected chi connectivity index (χ3v) is 3.08. The molecule has 0 aromatic heterocycles. The molecule has 2 aliphatic rings. The third-order valence-electron chi connectivity index (χ3n) is 3.08. The Morgan fingerprint density at radius 3 is 2.33 bits per heavy atom. The Kier molecular flexibility index (Phi) is 2.90. The van der Waals surface area contributed by atoms with Crippen LogP contribution in [0.2, 0.25) is 0 Å². The molecular weight excluding hydrogens is 198 g/mol. The molecule has 0 aromatic rings. The van der Waals surface area contributed by atoms with Crippen LogP contribution < -0.4 is 0 Å². The van der Waals surface area contributed by atoms with Crippen molar-refractivity contribution in [3.8, 4) is 0 Å². The largest absolute Gasteiger partial charge is 0.481 e. The summed E-state index contributed by atoms with van der Waals surface area (Å²) < 4.78 is 5.35. The average Bonchev–Trinajstić information content (AvgIpc) is 2.45. The fourth-order valence-corrected chi connectivity index (χ4v) is 2.38. The van der Waals surface area contributed by atoms with Crippen LogP contribution in [0, 0.1) is 0 Å². The number of carbonyl (C=O) groups excluding carboxylic acids is 1. The van der Waals surface area contributed by atoms with Crippen molar-refractivity contribution in [1.29, 1.82) is 0 Å². The van der Waals surface area contributed by atoms with Gasteiger partial charge in [0, 0.05) is 6.42 Å². The van der Waals surface area contributed by atoms with Crippen LogP contribution in [-0.2, 0) is 14.3 Å². The van der Waals surface area contributed by atoms with Gasteiger partial charge < -0.3 is 14.7 Å². The molecule has 5 nitrogen and oxygen atoms in total. The van der Waals surface area contributed by atoms with Gasteiger partial charge in [0.2, 0.25) is 5.91 Å². The van der Waals surface area contributed by atoms with Gasteiger partial charge in [-0.15, -0.1) is 0 Å². The van der Waals surface area contributed by atoms with E-state index in [4.69, 9.17) is 9.84 Å². The number of hydrogen-bond donors (Lipinski definition) is 1. The van der Waals surface area contributed by atoms with Gasteiger partial charge in [-0.25, -0.2) is 0 Å². The zero-order valence-electron chi connectivity index (χ0n) is 8.52. The summed E-state index contributed by atoms with van der Waals surface area (Å²) in [5, 5.41) is 8.51. The van der Waals surface area contributed by atoms with Crippen LogP contribution >= 0.6 is 0 Å². The molecule has 0 aromatic carbocycles. The fourth-order valence-electron chi connectivity index (χ4n) is 2.38. The molecule has 0 radical (unpaired) electrons. The van der Waals surface area contributed by atoms with Crippen LogP contribution in [0.1, 0.15) is 25.7 Å². The number of morpholine rings is 1. The van der Waals surface area contributed by atoms with Crippen LogP contribution in [0.15, 0.2) is 0 Å². The van der Waals surface area contributed by atoms with E-state index in [-0.39, 0.29) is 30.8 Å². The summed E-state index contributed by atoms with van der Waals surface area (Å²) in [7, 11) is 0.